The van der Waals surface area contributed by atoms with Gasteiger partial charge in [0, 0.05) is 19.2 Å². The third-order valence-electron chi connectivity index (χ3n) is 5.25. The van der Waals surface area contributed by atoms with E-state index in [4.69, 9.17) is 5.11 Å². The molecule has 0 aromatic heterocycles. The maximum absolute atomic E-state index is 11.3. The van der Waals surface area contributed by atoms with Crippen molar-refractivity contribution in [3.05, 3.63) is 33.9 Å². The molecule has 1 aliphatic heterocycles. The average molecular weight is 290 g/mol. The van der Waals surface area contributed by atoms with Crippen LogP contribution >= 0.6 is 0 Å². The molecule has 0 atom stereocenters. The molecule has 1 aliphatic carbocycles. The molecule has 0 radical (unpaired) electrons. The summed E-state index contributed by atoms with van der Waals surface area (Å²) in [7, 11) is 0. The lowest BCUT2D eigenvalue weighted by molar-refractivity contribution is -0.384. The van der Waals surface area contributed by atoms with Crippen LogP contribution in [0.4, 0.5) is 11.4 Å². The molecule has 5 nitrogen and oxygen atoms in total. The first-order valence-corrected chi connectivity index (χ1v) is 7.77. The van der Waals surface area contributed by atoms with E-state index < -0.39 is 0 Å². The first-order valence-electron chi connectivity index (χ1n) is 7.77. The van der Waals surface area contributed by atoms with Gasteiger partial charge in [-0.25, -0.2) is 0 Å². The lowest BCUT2D eigenvalue weighted by atomic mass is 9.77. The Morgan fingerprint density at radius 1 is 1.19 bits per heavy atom. The maximum Gasteiger partial charge on any atom is 0.292 e. The number of benzene rings is 1. The molecule has 1 aromatic rings. The minimum absolute atomic E-state index is 0.115. The van der Waals surface area contributed by atoms with Crippen LogP contribution in [0.15, 0.2) is 18.2 Å². The van der Waals surface area contributed by atoms with E-state index in [9.17, 15) is 10.1 Å². The molecule has 2 aliphatic rings. The van der Waals surface area contributed by atoms with E-state index in [1.54, 1.807) is 12.1 Å². The number of nitrogens with zero attached hydrogens (tertiary/aromatic N) is 2. The topological polar surface area (TPSA) is 66.6 Å². The van der Waals surface area contributed by atoms with Crippen LogP contribution in [0.5, 0.6) is 0 Å². The molecule has 21 heavy (non-hydrogen) atoms. The monoisotopic (exact) mass is 290 g/mol. The zero-order valence-electron chi connectivity index (χ0n) is 12.3. The SMILES string of the molecule is O=[N+]([O-])c1cc(CO)ccc1N1CCC2(CCCC2)CC1. The molecule has 114 valence electrons. The third-order valence-corrected chi connectivity index (χ3v) is 5.25. The Labute approximate surface area is 124 Å². The number of aliphatic hydroxyl groups is 1. The predicted octanol–water partition coefficient (Wildman–Crippen LogP) is 3.25. The number of piperidine rings is 1. The molecular formula is C16H22N2O3. The molecule has 3 rings (SSSR count). The van der Waals surface area contributed by atoms with Gasteiger partial charge in [-0.15, -0.1) is 0 Å². The van der Waals surface area contributed by atoms with E-state index in [0.29, 0.717) is 16.7 Å². The Bertz CT molecular complexity index is 528. The Balaban J connectivity index is 1.80. The van der Waals surface area contributed by atoms with Crippen molar-refractivity contribution in [2.24, 2.45) is 5.41 Å². The van der Waals surface area contributed by atoms with Gasteiger partial charge in [0.05, 0.1) is 11.5 Å². The number of hydrogen-bond donors (Lipinski definition) is 1. The average Bonchev–Trinajstić information content (AvgIpc) is 2.96. The van der Waals surface area contributed by atoms with Gasteiger partial charge in [-0.2, -0.15) is 0 Å². The Morgan fingerprint density at radius 2 is 1.86 bits per heavy atom. The highest BCUT2D eigenvalue weighted by molar-refractivity contribution is 5.64. The smallest absolute Gasteiger partial charge is 0.292 e. The van der Waals surface area contributed by atoms with Crippen molar-refractivity contribution in [3.63, 3.8) is 0 Å². The molecular weight excluding hydrogens is 268 g/mol. The molecule has 5 heteroatoms. The molecule has 0 unspecified atom stereocenters. The standard InChI is InChI=1S/C16H22N2O3/c19-12-13-3-4-14(15(11-13)18(20)21)17-9-7-16(8-10-17)5-1-2-6-16/h3-4,11,19H,1-2,5-10,12H2. The largest absolute Gasteiger partial charge is 0.392 e. The van der Waals surface area contributed by atoms with Crippen LogP contribution in [-0.4, -0.2) is 23.1 Å². The Hall–Kier alpha value is -1.62. The van der Waals surface area contributed by atoms with Crippen LogP contribution in [0.1, 0.15) is 44.1 Å². The van der Waals surface area contributed by atoms with Crippen molar-refractivity contribution >= 4 is 11.4 Å². The van der Waals surface area contributed by atoms with Gasteiger partial charge in [-0.05, 0) is 42.7 Å². The summed E-state index contributed by atoms with van der Waals surface area (Å²) in [6.07, 6.45) is 7.62. The van der Waals surface area contributed by atoms with Gasteiger partial charge < -0.3 is 10.0 Å². The molecule has 0 amide bonds. The summed E-state index contributed by atoms with van der Waals surface area (Å²) in [5, 5.41) is 20.4. The second kappa shape index (κ2) is 5.64. The van der Waals surface area contributed by atoms with Crippen LogP contribution in [0.25, 0.3) is 0 Å². The molecule has 1 saturated heterocycles. The fourth-order valence-electron chi connectivity index (χ4n) is 3.93. The van der Waals surface area contributed by atoms with Crippen LogP contribution in [0, 0.1) is 15.5 Å². The number of aliphatic hydroxyl groups excluding tert-OH is 1. The first-order chi connectivity index (χ1) is 10.1. The van der Waals surface area contributed by atoms with Crippen molar-refractivity contribution in [1.29, 1.82) is 0 Å². The van der Waals surface area contributed by atoms with Gasteiger partial charge in [0.25, 0.3) is 5.69 Å². The van der Waals surface area contributed by atoms with Gasteiger partial charge >= 0.3 is 0 Å². The van der Waals surface area contributed by atoms with E-state index in [1.807, 2.05) is 0 Å². The highest BCUT2D eigenvalue weighted by Crippen LogP contribution is 2.47. The summed E-state index contributed by atoms with van der Waals surface area (Å²) in [6.45, 7) is 1.64. The number of hydrogen-bond acceptors (Lipinski definition) is 4. The van der Waals surface area contributed by atoms with Crippen molar-refractivity contribution in [1.82, 2.24) is 0 Å². The molecule has 1 aromatic carbocycles. The van der Waals surface area contributed by atoms with E-state index in [1.165, 1.54) is 31.7 Å². The van der Waals surface area contributed by atoms with Gasteiger partial charge in [0.1, 0.15) is 5.69 Å². The summed E-state index contributed by atoms with van der Waals surface area (Å²) in [5.41, 5.74) is 1.92. The highest BCUT2D eigenvalue weighted by Gasteiger charge is 2.37. The number of nitro groups is 1. The fourth-order valence-corrected chi connectivity index (χ4v) is 3.93. The summed E-state index contributed by atoms with van der Waals surface area (Å²) in [4.78, 5) is 13.1. The zero-order chi connectivity index (χ0) is 14.9. The van der Waals surface area contributed by atoms with E-state index in [0.717, 1.165) is 25.9 Å². The summed E-state index contributed by atoms with van der Waals surface area (Å²) >= 11 is 0. The van der Waals surface area contributed by atoms with Gasteiger partial charge in [-0.1, -0.05) is 18.9 Å². The summed E-state index contributed by atoms with van der Waals surface area (Å²) in [5.74, 6) is 0. The van der Waals surface area contributed by atoms with Crippen molar-refractivity contribution in [2.45, 2.75) is 45.1 Å². The molecule has 1 N–H and O–H groups in total. The lowest BCUT2D eigenvalue weighted by Crippen LogP contribution is -2.39. The zero-order valence-corrected chi connectivity index (χ0v) is 12.3. The minimum atomic E-state index is -0.339. The van der Waals surface area contributed by atoms with Crippen molar-refractivity contribution in [3.8, 4) is 0 Å². The quantitative estimate of drug-likeness (QED) is 0.685. The van der Waals surface area contributed by atoms with Gasteiger partial charge in [-0.3, -0.25) is 10.1 Å². The Morgan fingerprint density at radius 3 is 2.43 bits per heavy atom. The normalized spacial score (nSPS) is 20.9. The summed E-state index contributed by atoms with van der Waals surface area (Å²) in [6, 6.07) is 5.06. The Kier molecular flexibility index (Phi) is 3.85. The minimum Gasteiger partial charge on any atom is -0.392 e. The second-order valence-electron chi connectivity index (χ2n) is 6.43. The van der Waals surface area contributed by atoms with E-state index in [2.05, 4.69) is 4.90 Å². The second-order valence-corrected chi connectivity index (χ2v) is 6.43. The molecule has 1 spiro atoms. The molecule has 2 fully saturated rings. The van der Waals surface area contributed by atoms with Crippen LogP contribution < -0.4 is 4.90 Å². The highest BCUT2D eigenvalue weighted by atomic mass is 16.6. The number of nitro benzene ring substituents is 1. The van der Waals surface area contributed by atoms with Crippen LogP contribution in [-0.2, 0) is 6.61 Å². The van der Waals surface area contributed by atoms with Crippen molar-refractivity contribution in [2.75, 3.05) is 18.0 Å². The van der Waals surface area contributed by atoms with Crippen molar-refractivity contribution < 1.29 is 10.0 Å². The lowest BCUT2D eigenvalue weighted by Gasteiger charge is -2.40. The van der Waals surface area contributed by atoms with Gasteiger partial charge in [0.2, 0.25) is 0 Å². The fraction of sp³-hybridized carbons (Fsp3) is 0.625. The predicted molar refractivity (Wildman–Crippen MR) is 81.4 cm³/mol. The molecule has 0 bridgehead atoms. The van der Waals surface area contributed by atoms with E-state index in [-0.39, 0.29) is 17.2 Å². The number of rotatable bonds is 3. The maximum atomic E-state index is 11.3. The number of anilines is 1. The molecule has 1 saturated carbocycles. The summed E-state index contributed by atoms with van der Waals surface area (Å²) < 4.78 is 0. The van der Waals surface area contributed by atoms with Gasteiger partial charge in [0.15, 0.2) is 0 Å². The molecule has 1 heterocycles. The van der Waals surface area contributed by atoms with Crippen LogP contribution in [0.3, 0.4) is 0 Å². The first kappa shape index (κ1) is 14.3. The van der Waals surface area contributed by atoms with E-state index >= 15 is 0 Å². The third kappa shape index (κ3) is 2.75. The van der Waals surface area contributed by atoms with Crippen LogP contribution in [0.2, 0.25) is 0 Å².